The lowest BCUT2D eigenvalue weighted by molar-refractivity contribution is 0.321. The molecule has 0 spiro atoms. The molecule has 1 N–H and O–H groups in total. The molecule has 1 fully saturated rings. The molecule has 1 aromatic carbocycles. The first-order chi connectivity index (χ1) is 13.6. The summed E-state index contributed by atoms with van der Waals surface area (Å²) in [5.74, 6) is 1.61. The van der Waals surface area contributed by atoms with Crippen molar-refractivity contribution in [1.82, 2.24) is 14.5 Å². The van der Waals surface area contributed by atoms with E-state index in [4.69, 9.17) is 4.98 Å². The normalized spacial score (nSPS) is 15.9. The van der Waals surface area contributed by atoms with Crippen LogP contribution in [0.4, 0.5) is 5.69 Å². The topological polar surface area (TPSA) is 54.2 Å². The van der Waals surface area contributed by atoms with Gasteiger partial charge in [0.15, 0.2) is 0 Å². The van der Waals surface area contributed by atoms with E-state index in [9.17, 15) is 5.11 Å². The lowest BCUT2D eigenvalue weighted by Gasteiger charge is -2.23. The number of pyridine rings is 1. The van der Waals surface area contributed by atoms with E-state index >= 15 is 0 Å². The van der Waals surface area contributed by atoms with Crippen LogP contribution in [-0.2, 0) is 6.54 Å². The number of rotatable bonds is 5. The number of aliphatic hydroxyl groups is 1. The van der Waals surface area contributed by atoms with Crippen molar-refractivity contribution >= 4 is 28.6 Å². The summed E-state index contributed by atoms with van der Waals surface area (Å²) in [6, 6.07) is 11.9. The van der Waals surface area contributed by atoms with Gasteiger partial charge in [0, 0.05) is 38.6 Å². The molecule has 0 atom stereocenters. The molecule has 0 aliphatic heterocycles. The van der Waals surface area contributed by atoms with Crippen LogP contribution in [0.15, 0.2) is 42.6 Å². The highest BCUT2D eigenvalue weighted by Crippen LogP contribution is 2.29. The van der Waals surface area contributed by atoms with E-state index in [-0.39, 0.29) is 5.76 Å². The zero-order valence-electron chi connectivity index (χ0n) is 16.7. The van der Waals surface area contributed by atoms with Gasteiger partial charge in [0.25, 0.3) is 0 Å². The van der Waals surface area contributed by atoms with Gasteiger partial charge in [0.1, 0.15) is 17.3 Å². The van der Waals surface area contributed by atoms with Crippen molar-refractivity contribution in [2.75, 3.05) is 19.0 Å². The van der Waals surface area contributed by atoms with Crippen LogP contribution in [-0.4, -0.2) is 33.7 Å². The fourth-order valence-corrected chi connectivity index (χ4v) is 4.06. The third-order valence-electron chi connectivity index (χ3n) is 5.64. The predicted octanol–water partition coefficient (Wildman–Crippen LogP) is 5.13. The van der Waals surface area contributed by atoms with E-state index < -0.39 is 0 Å². The molecule has 3 aromatic rings. The lowest BCUT2D eigenvalue weighted by Crippen LogP contribution is -2.15. The van der Waals surface area contributed by atoms with Gasteiger partial charge in [-0.2, -0.15) is 0 Å². The molecule has 5 nitrogen and oxygen atoms in total. The van der Waals surface area contributed by atoms with Crippen molar-refractivity contribution in [2.45, 2.75) is 38.6 Å². The highest BCUT2D eigenvalue weighted by atomic mass is 16.3. The van der Waals surface area contributed by atoms with Gasteiger partial charge in [0.2, 0.25) is 0 Å². The molecular weight excluding hydrogens is 348 g/mol. The number of imidazole rings is 1. The molecule has 28 heavy (non-hydrogen) atoms. The third kappa shape index (κ3) is 3.88. The van der Waals surface area contributed by atoms with Gasteiger partial charge < -0.3 is 14.6 Å². The average molecular weight is 377 g/mol. The highest BCUT2D eigenvalue weighted by Gasteiger charge is 2.18. The van der Waals surface area contributed by atoms with E-state index in [1.54, 1.807) is 12.3 Å². The molecule has 0 amide bonds. The van der Waals surface area contributed by atoms with Crippen molar-refractivity contribution < 1.29 is 5.11 Å². The van der Waals surface area contributed by atoms with Gasteiger partial charge in [-0.05, 0) is 49.1 Å². The maximum atomic E-state index is 10.6. The van der Waals surface area contributed by atoms with Crippen LogP contribution in [0.2, 0.25) is 0 Å². The first kappa shape index (κ1) is 18.5. The van der Waals surface area contributed by atoms with Crippen LogP contribution in [0.1, 0.15) is 43.6 Å². The average Bonchev–Trinajstić information content (AvgIpc) is 3.05. The minimum Gasteiger partial charge on any atom is -0.506 e. The summed E-state index contributed by atoms with van der Waals surface area (Å²) >= 11 is 0. The van der Waals surface area contributed by atoms with E-state index in [1.807, 2.05) is 32.3 Å². The Morgan fingerprint density at radius 3 is 2.71 bits per heavy atom. The number of hydrogen-bond donors (Lipinski definition) is 1. The summed E-state index contributed by atoms with van der Waals surface area (Å²) in [5, 5.41) is 10.6. The maximum Gasteiger partial charge on any atom is 0.144 e. The highest BCUT2D eigenvalue weighted by molar-refractivity contribution is 5.84. The van der Waals surface area contributed by atoms with Crippen LogP contribution in [0, 0.1) is 5.92 Å². The number of hydrogen-bond acceptors (Lipinski definition) is 4. The van der Waals surface area contributed by atoms with Gasteiger partial charge in [-0.15, -0.1) is 0 Å². The van der Waals surface area contributed by atoms with Crippen molar-refractivity contribution in [3.05, 3.63) is 54.1 Å². The molecule has 0 radical (unpaired) electrons. The van der Waals surface area contributed by atoms with Gasteiger partial charge in [-0.1, -0.05) is 25.3 Å². The molecule has 0 unspecified atom stereocenters. The number of anilines is 1. The minimum atomic E-state index is 0.147. The third-order valence-corrected chi connectivity index (χ3v) is 5.64. The maximum absolute atomic E-state index is 10.6. The summed E-state index contributed by atoms with van der Waals surface area (Å²) in [4.78, 5) is 11.2. The Morgan fingerprint density at radius 2 is 2.00 bits per heavy atom. The zero-order valence-corrected chi connectivity index (χ0v) is 16.7. The second-order valence-corrected chi connectivity index (χ2v) is 7.90. The molecule has 0 saturated heterocycles. The summed E-state index contributed by atoms with van der Waals surface area (Å²) in [6.45, 7) is 0.944. The van der Waals surface area contributed by atoms with Crippen molar-refractivity contribution in [2.24, 2.45) is 5.92 Å². The molecule has 0 bridgehead atoms. The molecule has 1 aliphatic rings. The molecule has 1 saturated carbocycles. The first-order valence-corrected chi connectivity index (χ1v) is 10.1. The number of nitrogens with zero attached hydrogens (tertiary/aromatic N) is 4. The minimum absolute atomic E-state index is 0.147. The number of aromatic nitrogens is 3. The first-order valence-electron chi connectivity index (χ1n) is 10.1. The van der Waals surface area contributed by atoms with Crippen LogP contribution < -0.4 is 4.90 Å². The molecule has 4 rings (SSSR count). The summed E-state index contributed by atoms with van der Waals surface area (Å²) in [6.07, 6.45) is 9.95. The second kappa shape index (κ2) is 8.05. The van der Waals surface area contributed by atoms with Gasteiger partial charge in [-0.25, -0.2) is 4.98 Å². The SMILES string of the molecule is CN(C)c1ccc2c(c1)nc(/C=C(\O)c1ccccn1)n2CC1CCCCC1. The van der Waals surface area contributed by atoms with Crippen LogP contribution in [0.25, 0.3) is 22.9 Å². The molecule has 2 heterocycles. The molecule has 1 aliphatic carbocycles. The molecule has 146 valence electrons. The fraction of sp³-hybridized carbons (Fsp3) is 0.391. The second-order valence-electron chi connectivity index (χ2n) is 7.90. The Balaban J connectivity index is 1.77. The van der Waals surface area contributed by atoms with E-state index in [0.29, 0.717) is 11.6 Å². The monoisotopic (exact) mass is 376 g/mol. The summed E-state index contributed by atoms with van der Waals surface area (Å²) < 4.78 is 2.27. The quantitative estimate of drug-likeness (QED) is 0.627. The van der Waals surface area contributed by atoms with Gasteiger partial charge >= 0.3 is 0 Å². The Labute approximate surface area is 166 Å². The van der Waals surface area contributed by atoms with Crippen molar-refractivity contribution in [3.8, 4) is 0 Å². The smallest absolute Gasteiger partial charge is 0.144 e. The van der Waals surface area contributed by atoms with Crippen molar-refractivity contribution in [3.63, 3.8) is 0 Å². The summed E-state index contributed by atoms with van der Waals surface area (Å²) in [7, 11) is 4.07. The van der Waals surface area contributed by atoms with E-state index in [0.717, 1.165) is 29.1 Å². The Hall–Kier alpha value is -2.82. The molecule has 2 aromatic heterocycles. The standard InChI is InChI=1S/C23H28N4O/c1-26(2)18-11-12-21-20(14-18)25-23(15-22(28)19-10-6-7-13-24-19)27(21)16-17-8-4-3-5-9-17/h6-7,10-15,17,28H,3-5,8-9,16H2,1-2H3/b22-15-. The fourth-order valence-electron chi connectivity index (χ4n) is 4.06. The summed E-state index contributed by atoms with van der Waals surface area (Å²) in [5.41, 5.74) is 3.77. The Bertz CT molecular complexity index is 969. The number of aliphatic hydroxyl groups excluding tert-OH is 1. The molecule has 5 heteroatoms. The van der Waals surface area contributed by atoms with E-state index in [1.165, 1.54) is 32.1 Å². The predicted molar refractivity (Wildman–Crippen MR) is 115 cm³/mol. The largest absolute Gasteiger partial charge is 0.506 e. The van der Waals surface area contributed by atoms with Crippen LogP contribution >= 0.6 is 0 Å². The van der Waals surface area contributed by atoms with Gasteiger partial charge in [-0.3, -0.25) is 4.98 Å². The Kier molecular flexibility index (Phi) is 5.33. The number of benzene rings is 1. The Morgan fingerprint density at radius 1 is 1.18 bits per heavy atom. The van der Waals surface area contributed by atoms with Crippen LogP contribution in [0.5, 0.6) is 0 Å². The zero-order chi connectivity index (χ0) is 19.5. The lowest BCUT2D eigenvalue weighted by atomic mass is 9.89. The van der Waals surface area contributed by atoms with Crippen molar-refractivity contribution in [1.29, 1.82) is 0 Å². The van der Waals surface area contributed by atoms with E-state index in [2.05, 4.69) is 32.7 Å². The number of fused-ring (bicyclic) bond motifs is 1. The molecular formula is C23H28N4O. The van der Waals surface area contributed by atoms with Crippen LogP contribution in [0.3, 0.4) is 0 Å². The van der Waals surface area contributed by atoms with Gasteiger partial charge in [0.05, 0.1) is 11.0 Å².